The Morgan fingerprint density at radius 2 is 2.09 bits per heavy atom. The number of H-pyrrole nitrogens is 1. The quantitative estimate of drug-likeness (QED) is 0.335. The Balaban J connectivity index is 1.25. The number of fused-ring (bicyclic) bond motifs is 1. The summed E-state index contributed by atoms with van der Waals surface area (Å²) in [4.78, 5) is 19.1. The highest BCUT2D eigenvalue weighted by Crippen LogP contribution is 2.37. The summed E-state index contributed by atoms with van der Waals surface area (Å²) in [6.07, 6.45) is 4.54. The number of oxazole rings is 1. The molecule has 0 saturated carbocycles. The third-order valence-electron chi connectivity index (χ3n) is 6.61. The molecular formula is C28H28N2O4. The number of aryl methyl sites for hydroxylation is 3. The smallest absolute Gasteiger partial charge is 0.303 e. The first kappa shape index (κ1) is 22.0. The van der Waals surface area contributed by atoms with Crippen LogP contribution in [0.1, 0.15) is 46.9 Å². The number of aromatic amines is 1. The van der Waals surface area contributed by atoms with Crippen molar-refractivity contribution in [2.45, 2.75) is 45.4 Å². The lowest BCUT2D eigenvalue weighted by atomic mass is 9.98. The third-order valence-corrected chi connectivity index (χ3v) is 6.61. The van der Waals surface area contributed by atoms with E-state index < -0.39 is 5.97 Å². The van der Waals surface area contributed by atoms with Gasteiger partial charge in [-0.25, -0.2) is 4.98 Å². The molecule has 1 aliphatic carbocycles. The minimum absolute atomic E-state index is 0.108. The van der Waals surface area contributed by atoms with E-state index in [1.807, 2.05) is 43.5 Å². The normalized spacial score (nSPS) is 14.8. The molecule has 4 aromatic rings. The molecule has 0 aliphatic heterocycles. The fourth-order valence-corrected chi connectivity index (χ4v) is 4.79. The van der Waals surface area contributed by atoms with Crippen LogP contribution in [0, 0.1) is 13.8 Å². The van der Waals surface area contributed by atoms with E-state index in [9.17, 15) is 4.79 Å². The Labute approximate surface area is 198 Å². The van der Waals surface area contributed by atoms with E-state index in [-0.39, 0.29) is 12.3 Å². The number of hydrogen-bond acceptors (Lipinski definition) is 4. The second-order valence-electron chi connectivity index (χ2n) is 8.93. The molecule has 6 heteroatoms. The molecule has 0 spiro atoms. The monoisotopic (exact) mass is 456 g/mol. The van der Waals surface area contributed by atoms with Gasteiger partial charge < -0.3 is 19.2 Å². The first-order valence-corrected chi connectivity index (χ1v) is 11.7. The topological polar surface area (TPSA) is 88.3 Å². The fourth-order valence-electron chi connectivity index (χ4n) is 4.79. The predicted molar refractivity (Wildman–Crippen MR) is 130 cm³/mol. The summed E-state index contributed by atoms with van der Waals surface area (Å²) in [7, 11) is 0. The number of nitrogens with one attached hydrogen (secondary N) is 1. The van der Waals surface area contributed by atoms with Crippen LogP contribution in [0.25, 0.3) is 22.7 Å². The highest BCUT2D eigenvalue weighted by Gasteiger charge is 2.25. The van der Waals surface area contributed by atoms with E-state index in [0.717, 1.165) is 52.4 Å². The number of carboxylic acid groups (broad SMARTS) is 1. The van der Waals surface area contributed by atoms with Gasteiger partial charge >= 0.3 is 5.97 Å². The SMILES string of the molecule is Cc1ccc(-c2nc(CCOc3ccc4c(c3)CC[C@H]4CC(=O)O)c(C)o2)cc1-c1ccc[nH]1. The molecular weight excluding hydrogens is 428 g/mol. The number of hydrogen-bond donors (Lipinski definition) is 2. The van der Waals surface area contributed by atoms with Gasteiger partial charge in [-0.2, -0.15) is 0 Å². The Bertz CT molecular complexity index is 1320. The van der Waals surface area contributed by atoms with E-state index in [4.69, 9.17) is 19.2 Å². The largest absolute Gasteiger partial charge is 0.493 e. The Morgan fingerprint density at radius 1 is 1.21 bits per heavy atom. The molecule has 0 fully saturated rings. The van der Waals surface area contributed by atoms with Gasteiger partial charge in [-0.05, 0) is 85.7 Å². The van der Waals surface area contributed by atoms with Crippen LogP contribution in [0.2, 0.25) is 0 Å². The molecule has 5 rings (SSSR count). The van der Waals surface area contributed by atoms with Crippen LogP contribution in [0.4, 0.5) is 0 Å². The van der Waals surface area contributed by atoms with E-state index in [1.165, 1.54) is 11.1 Å². The van der Waals surface area contributed by atoms with Crippen LogP contribution in [0.5, 0.6) is 5.75 Å². The first-order chi connectivity index (χ1) is 16.5. The summed E-state index contributed by atoms with van der Waals surface area (Å²) < 4.78 is 12.0. The maximum absolute atomic E-state index is 11.1. The number of ether oxygens (including phenoxy) is 1. The van der Waals surface area contributed by atoms with Gasteiger partial charge in [0.2, 0.25) is 5.89 Å². The van der Waals surface area contributed by atoms with Crippen molar-refractivity contribution < 1.29 is 19.1 Å². The number of benzene rings is 2. The van der Waals surface area contributed by atoms with Gasteiger partial charge in [0.25, 0.3) is 0 Å². The third kappa shape index (κ3) is 4.49. The van der Waals surface area contributed by atoms with Crippen molar-refractivity contribution in [2.24, 2.45) is 0 Å². The maximum atomic E-state index is 11.1. The van der Waals surface area contributed by atoms with Crippen LogP contribution < -0.4 is 4.74 Å². The standard InChI is InChI=1S/C28H28N2O4/c1-17-5-6-21(15-24(17)26-4-3-12-29-26)28-30-25(18(2)34-28)11-13-33-22-9-10-23-19(14-22)7-8-20(23)16-27(31)32/h3-6,9-10,12,14-15,20,29H,7-8,11,13,16H2,1-2H3,(H,31,32)/t20-/m0/s1. The summed E-state index contributed by atoms with van der Waals surface area (Å²) in [6, 6.07) is 16.3. The van der Waals surface area contributed by atoms with Gasteiger partial charge in [0.05, 0.1) is 18.7 Å². The lowest BCUT2D eigenvalue weighted by Crippen LogP contribution is -2.04. The van der Waals surface area contributed by atoms with Crippen molar-refractivity contribution in [3.05, 3.63) is 82.9 Å². The highest BCUT2D eigenvalue weighted by molar-refractivity contribution is 5.71. The van der Waals surface area contributed by atoms with Crippen molar-refractivity contribution >= 4 is 5.97 Å². The molecule has 2 N–H and O–H groups in total. The van der Waals surface area contributed by atoms with Gasteiger partial charge in [0, 0.05) is 29.4 Å². The van der Waals surface area contributed by atoms with Gasteiger partial charge in [-0.15, -0.1) is 0 Å². The van der Waals surface area contributed by atoms with Crippen LogP contribution in [-0.4, -0.2) is 27.7 Å². The van der Waals surface area contributed by atoms with Crippen molar-refractivity contribution in [2.75, 3.05) is 6.61 Å². The maximum Gasteiger partial charge on any atom is 0.303 e. The molecule has 0 bridgehead atoms. The van der Waals surface area contributed by atoms with Gasteiger partial charge in [0.1, 0.15) is 11.5 Å². The van der Waals surface area contributed by atoms with Crippen LogP contribution in [0.15, 0.2) is 59.1 Å². The van der Waals surface area contributed by atoms with Crippen LogP contribution in [0.3, 0.4) is 0 Å². The molecule has 1 aliphatic rings. The predicted octanol–water partition coefficient (Wildman–Crippen LogP) is 6.08. The second-order valence-corrected chi connectivity index (χ2v) is 8.93. The van der Waals surface area contributed by atoms with Crippen LogP contribution >= 0.6 is 0 Å². The van der Waals surface area contributed by atoms with E-state index in [1.54, 1.807) is 0 Å². The van der Waals surface area contributed by atoms with E-state index >= 15 is 0 Å². The molecule has 0 amide bonds. The Morgan fingerprint density at radius 3 is 2.88 bits per heavy atom. The molecule has 2 aromatic heterocycles. The second kappa shape index (κ2) is 9.21. The van der Waals surface area contributed by atoms with Gasteiger partial charge in [0.15, 0.2) is 0 Å². The van der Waals surface area contributed by atoms with Gasteiger partial charge in [-0.1, -0.05) is 12.1 Å². The molecule has 2 aromatic carbocycles. The summed E-state index contributed by atoms with van der Waals surface area (Å²) in [5.74, 6) is 1.59. The summed E-state index contributed by atoms with van der Waals surface area (Å²) in [6.45, 7) is 4.52. The Kier molecular flexibility index (Phi) is 5.97. The zero-order chi connectivity index (χ0) is 23.7. The van der Waals surface area contributed by atoms with Crippen molar-refractivity contribution in [3.63, 3.8) is 0 Å². The Hall–Kier alpha value is -3.80. The zero-order valence-corrected chi connectivity index (χ0v) is 19.4. The van der Waals surface area contributed by atoms with Crippen molar-refractivity contribution in [3.8, 4) is 28.5 Å². The fraction of sp³-hybridized carbons (Fsp3) is 0.286. The minimum atomic E-state index is -0.744. The number of carbonyl (C=O) groups is 1. The number of carboxylic acids is 1. The molecule has 1 atom stereocenters. The number of rotatable bonds is 8. The molecule has 0 radical (unpaired) electrons. The zero-order valence-electron chi connectivity index (χ0n) is 19.4. The minimum Gasteiger partial charge on any atom is -0.493 e. The molecule has 0 saturated heterocycles. The van der Waals surface area contributed by atoms with Crippen LogP contribution in [-0.2, 0) is 17.6 Å². The lowest BCUT2D eigenvalue weighted by molar-refractivity contribution is -0.137. The van der Waals surface area contributed by atoms with E-state index in [2.05, 4.69) is 30.1 Å². The molecule has 6 nitrogen and oxygen atoms in total. The van der Waals surface area contributed by atoms with Crippen molar-refractivity contribution in [1.29, 1.82) is 0 Å². The average molecular weight is 457 g/mol. The summed E-state index contributed by atoms with van der Waals surface area (Å²) >= 11 is 0. The highest BCUT2D eigenvalue weighted by atomic mass is 16.5. The number of nitrogens with zero attached hydrogens (tertiary/aromatic N) is 1. The molecule has 174 valence electrons. The van der Waals surface area contributed by atoms with Gasteiger partial charge in [-0.3, -0.25) is 4.79 Å². The average Bonchev–Trinajstić information content (AvgIpc) is 3.55. The first-order valence-electron chi connectivity index (χ1n) is 11.7. The number of aliphatic carboxylic acids is 1. The molecule has 2 heterocycles. The summed E-state index contributed by atoms with van der Waals surface area (Å²) in [5, 5.41) is 9.10. The molecule has 0 unspecified atom stereocenters. The summed E-state index contributed by atoms with van der Waals surface area (Å²) in [5.41, 5.74) is 7.56. The number of aromatic nitrogens is 2. The van der Waals surface area contributed by atoms with Crippen molar-refractivity contribution in [1.82, 2.24) is 9.97 Å². The van der Waals surface area contributed by atoms with E-state index in [0.29, 0.717) is 18.9 Å². The lowest BCUT2D eigenvalue weighted by Gasteiger charge is -2.10. The molecule has 34 heavy (non-hydrogen) atoms.